The highest BCUT2D eigenvalue weighted by Crippen LogP contribution is 2.34. The fourth-order valence-electron chi connectivity index (χ4n) is 1.78. The first kappa shape index (κ1) is 15.2. The van der Waals surface area contributed by atoms with Crippen LogP contribution in [-0.4, -0.2) is 11.1 Å². The van der Waals surface area contributed by atoms with E-state index in [0.29, 0.717) is 27.8 Å². The average molecular weight is 375 g/mol. The molecule has 0 fully saturated rings. The molecule has 0 aliphatic carbocycles. The number of carboxylic acid groups (broad SMARTS) is 1. The van der Waals surface area contributed by atoms with Crippen LogP contribution < -0.4 is 5.32 Å². The third-order valence-corrected chi connectivity index (χ3v) is 3.76. The maximum Gasteiger partial charge on any atom is 0.336 e. The van der Waals surface area contributed by atoms with Crippen molar-refractivity contribution in [1.82, 2.24) is 0 Å². The lowest BCUT2D eigenvalue weighted by atomic mass is 10.1. The number of nitrogens with one attached hydrogen (secondary N) is 1. The molecule has 0 aliphatic heterocycles. The van der Waals surface area contributed by atoms with Crippen molar-refractivity contribution in [1.29, 1.82) is 0 Å². The molecule has 6 heteroatoms. The Kier molecular flexibility index (Phi) is 4.91. The van der Waals surface area contributed by atoms with E-state index in [-0.39, 0.29) is 5.56 Å². The van der Waals surface area contributed by atoms with Crippen LogP contribution in [0, 0.1) is 0 Å². The smallest absolute Gasteiger partial charge is 0.336 e. The summed E-state index contributed by atoms with van der Waals surface area (Å²) < 4.78 is 0.781. The molecule has 0 aromatic heterocycles. The predicted molar refractivity (Wildman–Crippen MR) is 84.9 cm³/mol. The lowest BCUT2D eigenvalue weighted by Crippen LogP contribution is -2.07. The minimum Gasteiger partial charge on any atom is -0.478 e. The number of carbonyl (C=O) groups is 1. The van der Waals surface area contributed by atoms with Gasteiger partial charge in [0, 0.05) is 11.0 Å². The summed E-state index contributed by atoms with van der Waals surface area (Å²) >= 11 is 15.5. The molecule has 0 amide bonds. The number of anilines is 1. The zero-order chi connectivity index (χ0) is 14.7. The zero-order valence-corrected chi connectivity index (χ0v) is 13.3. The van der Waals surface area contributed by atoms with Crippen LogP contribution in [0.3, 0.4) is 0 Å². The van der Waals surface area contributed by atoms with E-state index in [0.717, 1.165) is 4.47 Å². The fraction of sp³-hybridized carbons (Fsp3) is 0.0714. The second-order valence-electron chi connectivity index (χ2n) is 4.06. The summed E-state index contributed by atoms with van der Waals surface area (Å²) in [7, 11) is 0. The summed E-state index contributed by atoms with van der Waals surface area (Å²) in [6.45, 7) is 0.323. The van der Waals surface area contributed by atoms with Gasteiger partial charge in [0.05, 0.1) is 21.3 Å². The van der Waals surface area contributed by atoms with Gasteiger partial charge >= 0.3 is 5.97 Å². The molecule has 2 N–H and O–H groups in total. The van der Waals surface area contributed by atoms with Gasteiger partial charge in [0.15, 0.2) is 0 Å². The van der Waals surface area contributed by atoms with Gasteiger partial charge in [-0.05, 0) is 23.8 Å². The van der Waals surface area contributed by atoms with Crippen molar-refractivity contribution >= 4 is 50.8 Å². The summed E-state index contributed by atoms with van der Waals surface area (Å²) in [6, 6.07) is 10.2. The van der Waals surface area contributed by atoms with Gasteiger partial charge in [-0.2, -0.15) is 0 Å². The van der Waals surface area contributed by atoms with Crippen LogP contribution in [0.5, 0.6) is 0 Å². The van der Waals surface area contributed by atoms with Crippen LogP contribution in [-0.2, 0) is 6.54 Å². The van der Waals surface area contributed by atoms with Crippen LogP contribution in [0.25, 0.3) is 0 Å². The molecule has 2 aromatic rings. The third kappa shape index (κ3) is 3.45. The van der Waals surface area contributed by atoms with E-state index in [2.05, 4.69) is 21.2 Å². The lowest BCUT2D eigenvalue weighted by Gasteiger charge is -2.12. The average Bonchev–Trinajstić information content (AvgIpc) is 2.37. The Bertz CT molecular complexity index is 638. The standard InChI is InChI=1S/C14H10BrCl2NO2/c15-9-5-11(16)13(12(17)6-9)18-7-8-3-1-2-4-10(8)14(19)20/h1-6,18H,7H2,(H,19,20). The second-order valence-corrected chi connectivity index (χ2v) is 5.79. The van der Waals surface area contributed by atoms with Crippen LogP contribution in [0.2, 0.25) is 10.0 Å². The van der Waals surface area contributed by atoms with E-state index in [9.17, 15) is 4.79 Å². The van der Waals surface area contributed by atoms with E-state index in [1.54, 1.807) is 36.4 Å². The summed E-state index contributed by atoms with van der Waals surface area (Å²) in [5.74, 6) is -0.963. The molecule has 0 bridgehead atoms. The molecule has 0 spiro atoms. The first-order chi connectivity index (χ1) is 9.49. The van der Waals surface area contributed by atoms with Gasteiger partial charge in [-0.25, -0.2) is 4.79 Å². The molecular formula is C14H10BrCl2NO2. The molecule has 2 aromatic carbocycles. The summed E-state index contributed by atoms with van der Waals surface area (Å²) in [5, 5.41) is 13.1. The van der Waals surface area contributed by atoms with Crippen molar-refractivity contribution < 1.29 is 9.90 Å². The van der Waals surface area contributed by atoms with Gasteiger partial charge in [-0.15, -0.1) is 0 Å². The summed E-state index contributed by atoms with van der Waals surface area (Å²) in [6.07, 6.45) is 0. The molecule has 0 heterocycles. The molecule has 2 rings (SSSR count). The Balaban J connectivity index is 2.24. The Morgan fingerprint density at radius 2 is 1.80 bits per heavy atom. The van der Waals surface area contributed by atoms with E-state index in [1.807, 2.05) is 0 Å². The van der Waals surface area contributed by atoms with Gasteiger partial charge in [-0.1, -0.05) is 57.3 Å². The SMILES string of the molecule is O=C(O)c1ccccc1CNc1c(Cl)cc(Br)cc1Cl. The minimum atomic E-state index is -0.963. The summed E-state index contributed by atoms with van der Waals surface area (Å²) in [5.41, 5.74) is 1.50. The maximum atomic E-state index is 11.1. The molecular weight excluding hydrogens is 365 g/mol. The topological polar surface area (TPSA) is 49.3 Å². The highest BCUT2D eigenvalue weighted by molar-refractivity contribution is 9.10. The maximum absolute atomic E-state index is 11.1. The molecule has 0 aliphatic rings. The molecule has 0 saturated carbocycles. The largest absolute Gasteiger partial charge is 0.478 e. The number of benzene rings is 2. The predicted octanol–water partition coefficient (Wildman–Crippen LogP) is 5.07. The molecule has 0 saturated heterocycles. The van der Waals surface area contributed by atoms with Crippen molar-refractivity contribution in [3.8, 4) is 0 Å². The van der Waals surface area contributed by atoms with Crippen molar-refractivity contribution in [3.05, 3.63) is 62.0 Å². The van der Waals surface area contributed by atoms with E-state index >= 15 is 0 Å². The Morgan fingerprint density at radius 3 is 2.40 bits per heavy atom. The number of aromatic carboxylic acids is 1. The quantitative estimate of drug-likeness (QED) is 0.785. The third-order valence-electron chi connectivity index (χ3n) is 2.71. The number of rotatable bonds is 4. The van der Waals surface area contributed by atoms with Gasteiger partial charge < -0.3 is 10.4 Å². The van der Waals surface area contributed by atoms with Gasteiger partial charge in [0.25, 0.3) is 0 Å². The highest BCUT2D eigenvalue weighted by atomic mass is 79.9. The number of hydrogen-bond acceptors (Lipinski definition) is 2. The van der Waals surface area contributed by atoms with Crippen LogP contribution in [0.1, 0.15) is 15.9 Å². The second kappa shape index (κ2) is 6.48. The Morgan fingerprint density at radius 1 is 1.20 bits per heavy atom. The monoisotopic (exact) mass is 373 g/mol. The molecule has 20 heavy (non-hydrogen) atoms. The van der Waals surface area contributed by atoms with Crippen molar-refractivity contribution in [2.45, 2.75) is 6.54 Å². The zero-order valence-electron chi connectivity index (χ0n) is 10.2. The number of carboxylic acids is 1. The van der Waals surface area contributed by atoms with Gasteiger partial charge in [0.2, 0.25) is 0 Å². The first-order valence-corrected chi connectivity index (χ1v) is 7.23. The number of halogens is 3. The normalized spacial score (nSPS) is 10.3. The van der Waals surface area contributed by atoms with Crippen LogP contribution >= 0.6 is 39.1 Å². The first-order valence-electron chi connectivity index (χ1n) is 5.68. The molecule has 3 nitrogen and oxygen atoms in total. The fourth-order valence-corrected chi connectivity index (χ4v) is 3.12. The molecule has 0 radical (unpaired) electrons. The lowest BCUT2D eigenvalue weighted by molar-refractivity contribution is 0.0696. The Hall–Kier alpha value is -1.23. The van der Waals surface area contributed by atoms with Gasteiger partial charge in [0.1, 0.15) is 0 Å². The van der Waals surface area contributed by atoms with E-state index < -0.39 is 5.97 Å². The van der Waals surface area contributed by atoms with E-state index in [4.69, 9.17) is 28.3 Å². The van der Waals surface area contributed by atoms with Crippen molar-refractivity contribution in [2.24, 2.45) is 0 Å². The van der Waals surface area contributed by atoms with Crippen LogP contribution in [0.15, 0.2) is 40.9 Å². The van der Waals surface area contributed by atoms with Crippen molar-refractivity contribution in [3.63, 3.8) is 0 Å². The molecule has 0 unspecified atom stereocenters. The minimum absolute atomic E-state index is 0.254. The van der Waals surface area contributed by atoms with Crippen molar-refractivity contribution in [2.75, 3.05) is 5.32 Å². The molecule has 0 atom stereocenters. The molecule has 104 valence electrons. The number of hydrogen-bond donors (Lipinski definition) is 2. The van der Waals surface area contributed by atoms with Gasteiger partial charge in [-0.3, -0.25) is 0 Å². The highest BCUT2D eigenvalue weighted by Gasteiger charge is 2.11. The Labute approximate surface area is 134 Å². The summed E-state index contributed by atoms with van der Waals surface area (Å²) in [4.78, 5) is 11.1. The van der Waals surface area contributed by atoms with Crippen LogP contribution in [0.4, 0.5) is 5.69 Å². The van der Waals surface area contributed by atoms with E-state index in [1.165, 1.54) is 0 Å².